The number of hydrogen-bond acceptors (Lipinski definition) is 2. The van der Waals surface area contributed by atoms with Gasteiger partial charge in [-0.3, -0.25) is 0 Å². The van der Waals surface area contributed by atoms with E-state index in [1.807, 2.05) is 0 Å². The van der Waals surface area contributed by atoms with Gasteiger partial charge in [0.1, 0.15) is 0 Å². The van der Waals surface area contributed by atoms with Crippen molar-refractivity contribution in [3.63, 3.8) is 0 Å². The van der Waals surface area contributed by atoms with Crippen molar-refractivity contribution in [3.05, 3.63) is 140 Å². The van der Waals surface area contributed by atoms with E-state index in [4.69, 9.17) is 8.83 Å². The van der Waals surface area contributed by atoms with Crippen molar-refractivity contribution in [1.82, 2.24) is 0 Å². The molecule has 2 unspecified atom stereocenters. The van der Waals surface area contributed by atoms with Crippen LogP contribution in [-0.4, -0.2) is 37.7 Å². The Morgan fingerprint density at radius 3 is 1.04 bits per heavy atom. The zero-order valence-corrected chi connectivity index (χ0v) is 55.2. The van der Waals surface area contributed by atoms with E-state index in [9.17, 15) is 17.0 Å². The van der Waals surface area contributed by atoms with Gasteiger partial charge in [-0.05, 0) is 0 Å². The molecule has 0 aliphatic heterocycles. The van der Waals surface area contributed by atoms with Crippen LogP contribution in [0.1, 0.15) is 88.6 Å². The summed E-state index contributed by atoms with van der Waals surface area (Å²) in [6, 6.07) is 29.5. The Balaban J connectivity index is 1.51. The molecule has 0 amide bonds. The summed E-state index contributed by atoms with van der Waals surface area (Å²) < 4.78 is 13.3. The Kier molecular flexibility index (Phi) is 14.1. The Bertz CT molecular complexity index is 2940. The molecule has 0 saturated heterocycles. The van der Waals surface area contributed by atoms with Crippen molar-refractivity contribution in [2.75, 3.05) is 0 Å². The first-order valence-electron chi connectivity index (χ1n) is 25.9. The summed E-state index contributed by atoms with van der Waals surface area (Å²) in [5.41, 5.74) is 16.2. The third-order valence-corrected chi connectivity index (χ3v) is 70.5. The predicted molar refractivity (Wildman–Crippen MR) is 321 cm³/mol. The van der Waals surface area contributed by atoms with Crippen LogP contribution in [0.4, 0.5) is 0 Å². The minimum atomic E-state index is -5.58. The number of hydrogen-bond donors (Lipinski definition) is 0. The quantitative estimate of drug-likeness (QED) is 0.114. The van der Waals surface area contributed by atoms with Crippen molar-refractivity contribution in [2.24, 2.45) is 0 Å². The number of rotatable bonds is 12. The van der Waals surface area contributed by atoms with Crippen LogP contribution in [0.15, 0.2) is 81.6 Å². The van der Waals surface area contributed by atoms with Gasteiger partial charge in [-0.25, -0.2) is 0 Å². The summed E-state index contributed by atoms with van der Waals surface area (Å²) in [5, 5.41) is 6.06. The molecule has 8 rings (SSSR count). The Morgan fingerprint density at radius 2 is 0.800 bits per heavy atom. The van der Waals surface area contributed by atoms with Crippen molar-refractivity contribution in [1.29, 1.82) is 0 Å². The van der Waals surface area contributed by atoms with Gasteiger partial charge in [0.05, 0.1) is 0 Å². The van der Waals surface area contributed by atoms with E-state index in [0.29, 0.717) is 0 Å². The van der Waals surface area contributed by atoms with E-state index in [1.54, 1.807) is 0 Å². The number of benzene rings is 4. The van der Waals surface area contributed by atoms with E-state index in [0.717, 1.165) is 58.2 Å². The van der Waals surface area contributed by atoms with Gasteiger partial charge in [0, 0.05) is 0 Å². The monoisotopic (exact) mass is 1130 g/mol. The molecule has 2 heterocycles. The molecule has 370 valence electrons. The summed E-state index contributed by atoms with van der Waals surface area (Å²) in [4.78, 5) is 0. The fraction of sp³-hybridized carbons (Fsp3) is 0.400. The fourth-order valence-corrected chi connectivity index (χ4v) is 44.0. The maximum absolute atomic E-state index is 9.34. The first kappa shape index (κ1) is 53.8. The number of allylic oxidation sites excluding steroid dienone is 2. The molecule has 6 aromatic rings. The molecule has 10 heteroatoms. The number of halogens is 2. The third-order valence-electron chi connectivity index (χ3n) is 16.2. The molecule has 2 atom stereocenters. The van der Waals surface area contributed by atoms with Gasteiger partial charge in [-0.2, -0.15) is 0 Å². The second-order valence-corrected chi connectivity index (χ2v) is 84.5. The van der Waals surface area contributed by atoms with Crippen LogP contribution in [0.2, 0.25) is 91.7 Å². The third kappa shape index (κ3) is 9.25. The number of fused-ring (bicyclic) bond motifs is 2. The van der Waals surface area contributed by atoms with Gasteiger partial charge in [-0.1, -0.05) is 0 Å². The van der Waals surface area contributed by atoms with Crippen LogP contribution < -0.4 is 20.7 Å². The van der Waals surface area contributed by atoms with E-state index >= 15 is 0 Å². The molecule has 0 spiro atoms. The van der Waals surface area contributed by atoms with E-state index in [-0.39, 0.29) is 7.25 Å². The normalized spacial score (nSPS) is 16.7. The molecule has 2 aromatic heterocycles. The molecule has 0 bridgehead atoms. The number of furan rings is 2. The summed E-state index contributed by atoms with van der Waals surface area (Å²) in [7, 11) is 11.9. The van der Waals surface area contributed by atoms with Gasteiger partial charge in [-0.15, -0.1) is 0 Å². The molecule has 4 aromatic carbocycles. The first-order chi connectivity index (χ1) is 32.3. The van der Waals surface area contributed by atoms with Crippen LogP contribution in [0.3, 0.4) is 0 Å². The molecule has 2 aliphatic carbocycles. The molecule has 2 aliphatic rings. The van der Waals surface area contributed by atoms with Crippen molar-refractivity contribution >= 4 is 98.8 Å². The fourth-order valence-electron chi connectivity index (χ4n) is 11.3. The van der Waals surface area contributed by atoms with Crippen LogP contribution >= 0.6 is 17.0 Å². The zero-order valence-electron chi connectivity index (χ0n) is 46.2. The molecule has 70 heavy (non-hydrogen) atoms. The van der Waals surface area contributed by atoms with Crippen LogP contribution in [0.5, 0.6) is 0 Å². The average molecular weight is 1140 g/mol. The molecule has 2 nitrogen and oxygen atoms in total. The molecular formula is C60H80Cl2O2Si5Zr. The van der Waals surface area contributed by atoms with E-state index in [2.05, 4.69) is 218 Å². The summed E-state index contributed by atoms with van der Waals surface area (Å²) in [6.07, 6.45) is 6.81. The maximum atomic E-state index is 9.34. The minimum absolute atomic E-state index is 0.241. The van der Waals surface area contributed by atoms with Gasteiger partial charge in [0.2, 0.25) is 0 Å². The SMILES string of the molecule is CCc1ccc2c(c1-c1cc([Si](C)(C)C)cc([Si](C)(C)C)c1)C=C(c1cc(C)c(C)o1)[CH]2[Zr]([Cl])([Cl])([CH]1C(c2cc(C)c(C)o2)=Cc2c1ccc(CC)c2-c1cc([Si](C)(C)C)cc([Si](C)(C)C)c1)=[Si](C)C. The molecule has 0 radical (unpaired) electrons. The van der Waals surface area contributed by atoms with Crippen molar-refractivity contribution in [3.8, 4) is 22.3 Å². The Hall–Kier alpha value is -2.53. The molecule has 0 saturated carbocycles. The van der Waals surface area contributed by atoms with Gasteiger partial charge in [0.15, 0.2) is 0 Å². The summed E-state index contributed by atoms with van der Waals surface area (Å²) in [5.74, 6) is 3.65. The van der Waals surface area contributed by atoms with Crippen LogP contribution in [0.25, 0.3) is 45.6 Å². The standard InChI is InChI=1S/2C29H37OSi2.C2H6Si.2ClH.Zr/c2*1-10-21-11-12-22-14-23(28-13-19(2)20(3)30-28)17-27(22)29(21)24-15-25(31(4,5)6)18-26(16-24)32(7,8)9;1-3-2;;;/h2*11-18H,10H2,1-9H3;1-2H3;2*1H;/q;;;;;+2/p-2. The Labute approximate surface area is 434 Å². The first-order valence-corrected chi connectivity index (χ1v) is 55.2. The van der Waals surface area contributed by atoms with Gasteiger partial charge in [0.25, 0.3) is 0 Å². The second-order valence-electron chi connectivity index (χ2n) is 25.4. The van der Waals surface area contributed by atoms with E-state index in [1.165, 1.54) is 76.4 Å². The molecular weight excluding hydrogens is 1060 g/mol. The van der Waals surface area contributed by atoms with Crippen LogP contribution in [0, 0.1) is 27.7 Å². The van der Waals surface area contributed by atoms with E-state index < -0.39 is 52.7 Å². The zero-order chi connectivity index (χ0) is 51.6. The average Bonchev–Trinajstić information content (AvgIpc) is 4.04. The predicted octanol–water partition coefficient (Wildman–Crippen LogP) is 16.9. The topological polar surface area (TPSA) is 26.3 Å². The second kappa shape index (κ2) is 18.4. The number of aryl methyl sites for hydroxylation is 6. The van der Waals surface area contributed by atoms with Crippen molar-refractivity contribution in [2.45, 2.75) is 153 Å². The Morgan fingerprint density at radius 1 is 0.486 bits per heavy atom. The van der Waals surface area contributed by atoms with Gasteiger partial charge >= 0.3 is 439 Å². The van der Waals surface area contributed by atoms with Crippen LogP contribution in [-0.2, 0) is 27.9 Å². The molecule has 0 N–H and O–H groups in total. The summed E-state index contributed by atoms with van der Waals surface area (Å²) >= 11 is -5.58. The van der Waals surface area contributed by atoms with Gasteiger partial charge < -0.3 is 0 Å². The molecule has 0 fully saturated rings. The van der Waals surface area contributed by atoms with Crippen molar-refractivity contribution < 1.29 is 23.8 Å². The summed E-state index contributed by atoms with van der Waals surface area (Å²) in [6.45, 7) is 47.8.